The molecular weight excluding hydrogens is 288 g/mol. The summed E-state index contributed by atoms with van der Waals surface area (Å²) in [5.74, 6) is 0.796. The Kier molecular flexibility index (Phi) is 3.46. The minimum absolute atomic E-state index is 0.665. The van der Waals surface area contributed by atoms with Gasteiger partial charge in [-0.2, -0.15) is 0 Å². The summed E-state index contributed by atoms with van der Waals surface area (Å²) in [4.78, 5) is 4.22. The zero-order valence-corrected chi connectivity index (χ0v) is 11.0. The molecule has 2 aromatic rings. The SMILES string of the molecule is Cc1ccnc(Nc2ccc(Br)cc2Cl)c1. The van der Waals surface area contributed by atoms with Gasteiger partial charge in [0.25, 0.3) is 0 Å². The number of nitrogens with one attached hydrogen (secondary N) is 1. The molecule has 1 aromatic heterocycles. The highest BCUT2D eigenvalue weighted by Crippen LogP contribution is 2.27. The lowest BCUT2D eigenvalue weighted by atomic mass is 10.3. The number of pyridine rings is 1. The van der Waals surface area contributed by atoms with Crippen LogP contribution in [0.5, 0.6) is 0 Å². The van der Waals surface area contributed by atoms with Crippen molar-refractivity contribution >= 4 is 39.0 Å². The summed E-state index contributed by atoms with van der Waals surface area (Å²) in [6.07, 6.45) is 1.77. The zero-order valence-electron chi connectivity index (χ0n) is 8.67. The van der Waals surface area contributed by atoms with Crippen molar-refractivity contribution in [2.75, 3.05) is 5.32 Å². The van der Waals surface area contributed by atoms with Gasteiger partial charge in [-0.25, -0.2) is 4.98 Å². The third-order valence-electron chi connectivity index (χ3n) is 2.11. The Bertz CT molecular complexity index is 514. The van der Waals surface area contributed by atoms with Crippen LogP contribution >= 0.6 is 27.5 Å². The maximum absolute atomic E-state index is 6.10. The number of aryl methyl sites for hydroxylation is 1. The molecule has 0 unspecified atom stereocenters. The first-order chi connectivity index (χ1) is 7.65. The van der Waals surface area contributed by atoms with Crippen molar-refractivity contribution in [1.29, 1.82) is 0 Å². The van der Waals surface area contributed by atoms with Gasteiger partial charge in [0.05, 0.1) is 10.7 Å². The number of hydrogen-bond acceptors (Lipinski definition) is 2. The third kappa shape index (κ3) is 2.74. The van der Waals surface area contributed by atoms with Crippen LogP contribution in [0.15, 0.2) is 41.0 Å². The molecule has 0 amide bonds. The molecule has 0 spiro atoms. The van der Waals surface area contributed by atoms with Crippen molar-refractivity contribution in [3.8, 4) is 0 Å². The van der Waals surface area contributed by atoms with E-state index in [2.05, 4.69) is 26.2 Å². The summed E-state index contributed by atoms with van der Waals surface area (Å²) in [6.45, 7) is 2.02. The number of benzene rings is 1. The molecule has 1 N–H and O–H groups in total. The van der Waals surface area contributed by atoms with E-state index in [1.54, 1.807) is 6.20 Å². The van der Waals surface area contributed by atoms with E-state index in [0.29, 0.717) is 5.02 Å². The Morgan fingerprint density at radius 2 is 2.06 bits per heavy atom. The highest BCUT2D eigenvalue weighted by atomic mass is 79.9. The van der Waals surface area contributed by atoms with Gasteiger partial charge < -0.3 is 5.32 Å². The second kappa shape index (κ2) is 4.85. The standard InChI is InChI=1S/C12H10BrClN2/c1-8-4-5-15-12(6-8)16-11-3-2-9(13)7-10(11)14/h2-7H,1H3,(H,15,16). The van der Waals surface area contributed by atoms with Gasteiger partial charge in [-0.05, 0) is 42.8 Å². The number of nitrogens with zero attached hydrogens (tertiary/aromatic N) is 1. The Morgan fingerprint density at radius 1 is 1.25 bits per heavy atom. The Labute approximate surface area is 108 Å². The number of rotatable bonds is 2. The second-order valence-corrected chi connectivity index (χ2v) is 4.79. The van der Waals surface area contributed by atoms with Crippen molar-refractivity contribution < 1.29 is 0 Å². The monoisotopic (exact) mass is 296 g/mol. The maximum atomic E-state index is 6.10. The van der Waals surface area contributed by atoms with Crippen molar-refractivity contribution in [1.82, 2.24) is 4.98 Å². The molecule has 0 saturated carbocycles. The minimum Gasteiger partial charge on any atom is -0.339 e. The number of anilines is 2. The third-order valence-corrected chi connectivity index (χ3v) is 2.92. The summed E-state index contributed by atoms with van der Waals surface area (Å²) in [7, 11) is 0. The average molecular weight is 298 g/mol. The van der Waals surface area contributed by atoms with Crippen LogP contribution < -0.4 is 5.32 Å². The molecule has 0 atom stereocenters. The van der Waals surface area contributed by atoms with E-state index in [1.807, 2.05) is 37.3 Å². The minimum atomic E-state index is 0.665. The van der Waals surface area contributed by atoms with Crippen LogP contribution in [0, 0.1) is 6.92 Å². The van der Waals surface area contributed by atoms with Gasteiger partial charge in [0.1, 0.15) is 5.82 Å². The Morgan fingerprint density at radius 3 is 2.75 bits per heavy atom. The summed E-state index contributed by atoms with van der Waals surface area (Å²) in [5.41, 5.74) is 2.01. The fourth-order valence-electron chi connectivity index (χ4n) is 1.33. The van der Waals surface area contributed by atoms with Gasteiger partial charge in [0, 0.05) is 10.7 Å². The van der Waals surface area contributed by atoms with E-state index >= 15 is 0 Å². The Balaban J connectivity index is 2.27. The smallest absolute Gasteiger partial charge is 0.130 e. The van der Waals surface area contributed by atoms with Crippen molar-refractivity contribution in [3.63, 3.8) is 0 Å². The highest BCUT2D eigenvalue weighted by molar-refractivity contribution is 9.10. The first-order valence-electron chi connectivity index (χ1n) is 4.80. The van der Waals surface area contributed by atoms with Crippen LogP contribution in [0.2, 0.25) is 5.02 Å². The number of aromatic nitrogens is 1. The largest absolute Gasteiger partial charge is 0.339 e. The first-order valence-corrected chi connectivity index (χ1v) is 5.97. The Hall–Kier alpha value is -1.06. The van der Waals surface area contributed by atoms with Crippen LogP contribution in [-0.2, 0) is 0 Å². The van der Waals surface area contributed by atoms with Gasteiger partial charge in [-0.1, -0.05) is 27.5 Å². The molecule has 2 rings (SSSR count). The van der Waals surface area contributed by atoms with Gasteiger partial charge >= 0.3 is 0 Å². The molecule has 1 aromatic carbocycles. The van der Waals surface area contributed by atoms with E-state index in [0.717, 1.165) is 21.5 Å². The van der Waals surface area contributed by atoms with E-state index in [1.165, 1.54) is 0 Å². The second-order valence-electron chi connectivity index (χ2n) is 3.47. The molecule has 0 aliphatic rings. The average Bonchev–Trinajstić information content (AvgIpc) is 2.22. The van der Waals surface area contributed by atoms with Gasteiger partial charge in [-0.15, -0.1) is 0 Å². The van der Waals surface area contributed by atoms with Crippen LogP contribution in [0.3, 0.4) is 0 Å². The van der Waals surface area contributed by atoms with E-state index < -0.39 is 0 Å². The fraction of sp³-hybridized carbons (Fsp3) is 0.0833. The summed E-state index contributed by atoms with van der Waals surface area (Å²) >= 11 is 9.46. The van der Waals surface area contributed by atoms with Gasteiger partial charge in [0.15, 0.2) is 0 Å². The molecule has 0 radical (unpaired) electrons. The number of halogens is 2. The van der Waals surface area contributed by atoms with Gasteiger partial charge in [0.2, 0.25) is 0 Å². The lowest BCUT2D eigenvalue weighted by molar-refractivity contribution is 1.27. The molecular formula is C12H10BrClN2. The summed E-state index contributed by atoms with van der Waals surface area (Å²) < 4.78 is 0.959. The number of hydrogen-bond donors (Lipinski definition) is 1. The summed E-state index contributed by atoms with van der Waals surface area (Å²) in [5, 5.41) is 3.84. The van der Waals surface area contributed by atoms with E-state index in [4.69, 9.17) is 11.6 Å². The molecule has 1 heterocycles. The van der Waals surface area contributed by atoms with Crippen LogP contribution in [0.25, 0.3) is 0 Å². The molecule has 0 bridgehead atoms. The maximum Gasteiger partial charge on any atom is 0.130 e. The lowest BCUT2D eigenvalue weighted by Gasteiger charge is -2.08. The predicted octanol–water partition coefficient (Wildman–Crippen LogP) is 4.55. The quantitative estimate of drug-likeness (QED) is 0.879. The topological polar surface area (TPSA) is 24.9 Å². The van der Waals surface area contributed by atoms with Crippen molar-refractivity contribution in [3.05, 3.63) is 51.6 Å². The first kappa shape index (κ1) is 11.4. The molecule has 82 valence electrons. The normalized spacial score (nSPS) is 10.2. The summed E-state index contributed by atoms with van der Waals surface area (Å²) in [6, 6.07) is 9.62. The molecule has 16 heavy (non-hydrogen) atoms. The fourth-order valence-corrected chi connectivity index (χ4v) is 2.05. The predicted molar refractivity (Wildman–Crippen MR) is 71.4 cm³/mol. The highest BCUT2D eigenvalue weighted by Gasteiger charge is 2.02. The zero-order chi connectivity index (χ0) is 11.5. The van der Waals surface area contributed by atoms with Crippen LogP contribution in [0.4, 0.5) is 11.5 Å². The van der Waals surface area contributed by atoms with E-state index in [-0.39, 0.29) is 0 Å². The van der Waals surface area contributed by atoms with Crippen LogP contribution in [0.1, 0.15) is 5.56 Å². The molecule has 0 saturated heterocycles. The molecule has 2 nitrogen and oxygen atoms in total. The molecule has 0 fully saturated rings. The van der Waals surface area contributed by atoms with E-state index in [9.17, 15) is 0 Å². The van der Waals surface area contributed by atoms with Crippen molar-refractivity contribution in [2.45, 2.75) is 6.92 Å². The van der Waals surface area contributed by atoms with Crippen LogP contribution in [-0.4, -0.2) is 4.98 Å². The molecule has 4 heteroatoms. The molecule has 0 aliphatic heterocycles. The molecule has 0 aliphatic carbocycles. The van der Waals surface area contributed by atoms with Crippen molar-refractivity contribution in [2.24, 2.45) is 0 Å². The van der Waals surface area contributed by atoms with Gasteiger partial charge in [-0.3, -0.25) is 0 Å². The lowest BCUT2D eigenvalue weighted by Crippen LogP contribution is -1.94.